The maximum Gasteiger partial charge on any atom is 0.224 e. The van der Waals surface area contributed by atoms with E-state index < -0.39 is 0 Å². The summed E-state index contributed by atoms with van der Waals surface area (Å²) in [5.74, 6) is 0.0893. The van der Waals surface area contributed by atoms with Crippen molar-refractivity contribution in [3.8, 4) is 0 Å². The fourth-order valence-electron chi connectivity index (χ4n) is 1.81. The van der Waals surface area contributed by atoms with E-state index in [1.54, 1.807) is 0 Å². The highest BCUT2D eigenvalue weighted by atomic mass is 16.1. The lowest BCUT2D eigenvalue weighted by Crippen LogP contribution is -2.33. The van der Waals surface area contributed by atoms with Crippen molar-refractivity contribution in [3.05, 3.63) is 35.4 Å². The van der Waals surface area contributed by atoms with Gasteiger partial charge in [-0.15, -0.1) is 0 Å². The summed E-state index contributed by atoms with van der Waals surface area (Å²) in [4.78, 5) is 11.7. The first kappa shape index (κ1) is 13.7. The summed E-state index contributed by atoms with van der Waals surface area (Å²) in [5.41, 5.74) is 7.64. The highest BCUT2D eigenvalue weighted by Gasteiger charge is 2.07. The molecule has 1 aromatic rings. The summed E-state index contributed by atoms with van der Waals surface area (Å²) < 4.78 is 0. The summed E-state index contributed by atoms with van der Waals surface area (Å²) >= 11 is 0. The first-order chi connectivity index (χ1) is 8.15. The minimum absolute atomic E-state index is 0.0893. The number of carbonyl (C=O) groups excluding carboxylic acids is 1. The molecule has 1 rings (SSSR count). The van der Waals surface area contributed by atoms with Crippen LogP contribution in [0.25, 0.3) is 0 Å². The van der Waals surface area contributed by atoms with Crippen LogP contribution in [0.5, 0.6) is 0 Å². The van der Waals surface area contributed by atoms with Gasteiger partial charge >= 0.3 is 0 Å². The van der Waals surface area contributed by atoms with Gasteiger partial charge in [-0.2, -0.15) is 0 Å². The third-order valence-corrected chi connectivity index (χ3v) is 2.75. The largest absolute Gasteiger partial charge is 0.353 e. The number of hydrogen-bond donors (Lipinski definition) is 2. The molecule has 0 spiro atoms. The van der Waals surface area contributed by atoms with Gasteiger partial charge in [0.15, 0.2) is 0 Å². The molecule has 0 heterocycles. The second-order valence-electron chi connectivity index (χ2n) is 4.45. The second kappa shape index (κ2) is 7.07. The van der Waals surface area contributed by atoms with Gasteiger partial charge in [0.1, 0.15) is 0 Å². The van der Waals surface area contributed by atoms with Gasteiger partial charge in [-0.1, -0.05) is 37.6 Å². The first-order valence-corrected chi connectivity index (χ1v) is 6.23. The molecule has 3 N–H and O–H groups in total. The molecular formula is C14H22N2O. The molecule has 0 fully saturated rings. The average Bonchev–Trinajstić information content (AvgIpc) is 2.30. The molecule has 1 unspecified atom stereocenters. The van der Waals surface area contributed by atoms with E-state index in [2.05, 4.69) is 12.2 Å². The number of carbonyl (C=O) groups is 1. The normalized spacial score (nSPS) is 12.2. The topological polar surface area (TPSA) is 55.1 Å². The Balaban J connectivity index is 2.44. The van der Waals surface area contributed by atoms with Crippen molar-refractivity contribution in [2.75, 3.05) is 0 Å². The van der Waals surface area contributed by atoms with Gasteiger partial charge in [0.2, 0.25) is 5.91 Å². The first-order valence-electron chi connectivity index (χ1n) is 6.23. The van der Waals surface area contributed by atoms with Gasteiger partial charge in [0.25, 0.3) is 0 Å². The number of benzene rings is 1. The Bertz CT molecular complexity index is 346. The predicted molar refractivity (Wildman–Crippen MR) is 70.6 cm³/mol. The zero-order chi connectivity index (χ0) is 12.7. The Morgan fingerprint density at radius 1 is 1.29 bits per heavy atom. The van der Waals surface area contributed by atoms with Crippen molar-refractivity contribution < 1.29 is 4.79 Å². The van der Waals surface area contributed by atoms with Crippen LogP contribution < -0.4 is 11.1 Å². The van der Waals surface area contributed by atoms with Gasteiger partial charge in [-0.25, -0.2) is 0 Å². The lowest BCUT2D eigenvalue weighted by molar-refractivity contribution is -0.121. The molecule has 94 valence electrons. The summed E-state index contributed by atoms with van der Waals surface area (Å²) in [6, 6.07) is 8.13. The maximum absolute atomic E-state index is 11.7. The van der Waals surface area contributed by atoms with Crippen molar-refractivity contribution in [2.45, 2.75) is 45.7 Å². The Hall–Kier alpha value is -1.35. The van der Waals surface area contributed by atoms with Crippen LogP contribution in [0.1, 0.15) is 37.8 Å². The number of amides is 1. The zero-order valence-electron chi connectivity index (χ0n) is 10.7. The van der Waals surface area contributed by atoms with E-state index in [0.29, 0.717) is 13.0 Å². The number of rotatable bonds is 6. The fraction of sp³-hybridized carbons (Fsp3) is 0.500. The van der Waals surface area contributed by atoms with Gasteiger partial charge in [-0.05, 0) is 24.5 Å². The van der Waals surface area contributed by atoms with Crippen LogP contribution in [0.2, 0.25) is 0 Å². The van der Waals surface area contributed by atoms with Gasteiger partial charge in [0, 0.05) is 12.6 Å². The van der Waals surface area contributed by atoms with E-state index >= 15 is 0 Å². The van der Waals surface area contributed by atoms with Gasteiger partial charge in [-0.3, -0.25) is 4.79 Å². The Kier molecular flexibility index (Phi) is 5.70. The monoisotopic (exact) mass is 234 g/mol. The van der Waals surface area contributed by atoms with Crippen LogP contribution in [0.4, 0.5) is 0 Å². The van der Waals surface area contributed by atoms with Crippen LogP contribution in [0, 0.1) is 0 Å². The third-order valence-electron chi connectivity index (χ3n) is 2.75. The average molecular weight is 234 g/mol. The highest BCUT2D eigenvalue weighted by molar-refractivity contribution is 5.78. The summed E-state index contributed by atoms with van der Waals surface area (Å²) in [6.45, 7) is 4.70. The molecule has 0 saturated carbocycles. The molecule has 0 aromatic heterocycles. The lowest BCUT2D eigenvalue weighted by atomic mass is 10.1. The van der Waals surface area contributed by atoms with E-state index in [-0.39, 0.29) is 11.9 Å². The molecule has 0 aliphatic heterocycles. The summed E-state index contributed by atoms with van der Waals surface area (Å²) in [6.07, 6.45) is 2.56. The van der Waals surface area contributed by atoms with E-state index in [0.717, 1.165) is 24.0 Å². The lowest BCUT2D eigenvalue weighted by Gasteiger charge is -2.12. The SMILES string of the molecule is CCCC(C)NC(=O)Cc1ccc(CN)cc1. The van der Waals surface area contributed by atoms with Crippen LogP contribution in [-0.2, 0) is 17.8 Å². The van der Waals surface area contributed by atoms with Crippen LogP contribution in [0.15, 0.2) is 24.3 Å². The van der Waals surface area contributed by atoms with Crippen molar-refractivity contribution >= 4 is 5.91 Å². The van der Waals surface area contributed by atoms with Crippen molar-refractivity contribution in [2.24, 2.45) is 5.73 Å². The van der Waals surface area contributed by atoms with E-state index in [1.807, 2.05) is 31.2 Å². The second-order valence-corrected chi connectivity index (χ2v) is 4.45. The van der Waals surface area contributed by atoms with E-state index in [1.165, 1.54) is 0 Å². The molecule has 3 nitrogen and oxygen atoms in total. The quantitative estimate of drug-likeness (QED) is 0.791. The Labute approximate surface area is 103 Å². The third kappa shape index (κ3) is 5.00. The molecule has 0 aliphatic rings. The summed E-state index contributed by atoms with van der Waals surface area (Å²) in [5, 5.41) is 2.99. The van der Waals surface area contributed by atoms with E-state index in [4.69, 9.17) is 5.73 Å². The fourth-order valence-corrected chi connectivity index (χ4v) is 1.81. The zero-order valence-corrected chi connectivity index (χ0v) is 10.7. The number of nitrogens with one attached hydrogen (secondary N) is 1. The van der Waals surface area contributed by atoms with Gasteiger partial charge < -0.3 is 11.1 Å². The van der Waals surface area contributed by atoms with Gasteiger partial charge in [0.05, 0.1) is 6.42 Å². The molecule has 3 heteroatoms. The van der Waals surface area contributed by atoms with Crippen LogP contribution >= 0.6 is 0 Å². The Morgan fingerprint density at radius 3 is 2.41 bits per heavy atom. The van der Waals surface area contributed by atoms with Crippen molar-refractivity contribution in [1.82, 2.24) is 5.32 Å². The van der Waals surface area contributed by atoms with Crippen molar-refractivity contribution in [1.29, 1.82) is 0 Å². The molecule has 0 saturated heterocycles. The smallest absolute Gasteiger partial charge is 0.224 e. The van der Waals surface area contributed by atoms with Crippen molar-refractivity contribution in [3.63, 3.8) is 0 Å². The Morgan fingerprint density at radius 2 is 1.88 bits per heavy atom. The molecule has 1 aromatic carbocycles. The number of hydrogen-bond acceptors (Lipinski definition) is 2. The van der Waals surface area contributed by atoms with E-state index in [9.17, 15) is 4.79 Å². The van der Waals surface area contributed by atoms with Crippen LogP contribution in [-0.4, -0.2) is 11.9 Å². The highest BCUT2D eigenvalue weighted by Crippen LogP contribution is 2.05. The molecule has 1 amide bonds. The minimum atomic E-state index is 0.0893. The maximum atomic E-state index is 11.7. The van der Waals surface area contributed by atoms with Crippen LogP contribution in [0.3, 0.4) is 0 Å². The predicted octanol–water partition coefficient (Wildman–Crippen LogP) is 1.99. The molecular weight excluding hydrogens is 212 g/mol. The molecule has 1 atom stereocenters. The summed E-state index contributed by atoms with van der Waals surface area (Å²) in [7, 11) is 0. The molecule has 17 heavy (non-hydrogen) atoms. The molecule has 0 radical (unpaired) electrons. The number of nitrogens with two attached hydrogens (primary N) is 1. The minimum Gasteiger partial charge on any atom is -0.353 e. The molecule has 0 bridgehead atoms. The molecule has 0 aliphatic carbocycles. The standard InChI is InChI=1S/C14H22N2O/c1-3-4-11(2)16-14(17)9-12-5-7-13(10-15)8-6-12/h5-8,11H,3-4,9-10,15H2,1-2H3,(H,16,17).